The van der Waals surface area contributed by atoms with E-state index in [1.807, 2.05) is 0 Å². The molecule has 72 heavy (non-hydrogen) atoms. The molecule has 0 radical (unpaired) electrons. The van der Waals surface area contributed by atoms with Gasteiger partial charge in [0.2, 0.25) is 11.8 Å². The molecule has 3 rings (SSSR count). The van der Waals surface area contributed by atoms with Crippen LogP contribution in [0.2, 0.25) is 0 Å². The van der Waals surface area contributed by atoms with Gasteiger partial charge >= 0.3 is 30.6 Å². The molecule has 0 atom stereocenters. The standard InChI is InChI=1S/C41H54F9N15O4S3/c42-39(43,44)21-15-24(60-30(66)5-1-3-10-58-35(54)55)32(70-12-7-51)26(17-21)62-37(68)64-28-19-23(41(48,49)50)20-29(34(28)72-14-9-53)65-38(69)63-27-18-22(40(45,46)47)16-25(33(27)71-13-8-52)61-31(67)6-2-4-11-59-36(56)57/h15-20H,1-14,51-53H2,(H,60,66)(H,61,67)(H4,54,55,58)(H4,56,57,59)(H2,62,64,68)(H2,63,65,69). The topological polar surface area (TPSA) is 347 Å². The molecule has 0 unspecified atom stereocenters. The summed E-state index contributed by atoms with van der Waals surface area (Å²) in [6, 6.07) is 0.513. The number of aliphatic imine (C=N–C) groups is 2. The fourth-order valence-corrected chi connectivity index (χ4v) is 8.63. The lowest BCUT2D eigenvalue weighted by Gasteiger charge is -2.22. The maximum Gasteiger partial charge on any atom is 0.416 e. The molecule has 398 valence electrons. The second kappa shape index (κ2) is 28.3. The molecule has 0 aliphatic rings. The van der Waals surface area contributed by atoms with Gasteiger partial charge in [0.15, 0.2) is 11.9 Å². The summed E-state index contributed by atoms with van der Waals surface area (Å²) < 4.78 is 129. The van der Waals surface area contributed by atoms with Gasteiger partial charge in [-0.1, -0.05) is 0 Å². The number of hydrogen-bond donors (Lipinski definition) is 13. The van der Waals surface area contributed by atoms with Crippen LogP contribution in [0.4, 0.5) is 83.2 Å². The van der Waals surface area contributed by atoms with E-state index >= 15 is 0 Å². The van der Waals surface area contributed by atoms with Crippen molar-refractivity contribution >= 4 is 105 Å². The number of nitrogens with one attached hydrogen (secondary N) is 6. The summed E-state index contributed by atoms with van der Waals surface area (Å²) in [6.07, 6.45) is -14.5. The first-order valence-electron chi connectivity index (χ1n) is 21.4. The monoisotopic (exact) mass is 1090 g/mol. The highest BCUT2D eigenvalue weighted by molar-refractivity contribution is 8.00. The Hall–Kier alpha value is -6.02. The van der Waals surface area contributed by atoms with E-state index in [2.05, 4.69) is 41.9 Å². The minimum Gasteiger partial charge on any atom is -0.370 e. The van der Waals surface area contributed by atoms with Crippen molar-refractivity contribution in [1.82, 2.24) is 0 Å². The van der Waals surface area contributed by atoms with Crippen molar-refractivity contribution in [2.45, 2.75) is 71.7 Å². The van der Waals surface area contributed by atoms with Crippen LogP contribution in [-0.2, 0) is 28.1 Å². The summed E-state index contributed by atoms with van der Waals surface area (Å²) >= 11 is 2.42. The Morgan fingerprint density at radius 1 is 0.431 bits per heavy atom. The highest BCUT2D eigenvalue weighted by atomic mass is 32.2. The van der Waals surface area contributed by atoms with E-state index in [1.165, 1.54) is 0 Å². The number of nitrogens with zero attached hydrogens (tertiary/aromatic N) is 2. The molecule has 0 saturated carbocycles. The molecule has 6 amide bonds. The molecule has 0 spiro atoms. The van der Waals surface area contributed by atoms with E-state index < -0.39 is 81.8 Å². The van der Waals surface area contributed by atoms with Crippen molar-refractivity contribution < 1.29 is 58.7 Å². The number of guanidine groups is 2. The Morgan fingerprint density at radius 3 is 0.903 bits per heavy atom. The molecule has 0 bridgehead atoms. The third-order valence-electron chi connectivity index (χ3n) is 9.10. The van der Waals surface area contributed by atoms with E-state index in [-0.39, 0.29) is 114 Å². The van der Waals surface area contributed by atoms with Gasteiger partial charge < -0.3 is 72.0 Å². The second-order valence-electron chi connectivity index (χ2n) is 14.9. The fraction of sp³-hybridized carbons (Fsp3) is 0.415. The number of thioether (sulfide) groups is 3. The third kappa shape index (κ3) is 20.2. The first kappa shape index (κ1) is 60.3. The Balaban J connectivity index is 2.09. The number of urea groups is 2. The normalized spacial score (nSPS) is 11.6. The number of anilines is 6. The predicted molar refractivity (Wildman–Crippen MR) is 265 cm³/mol. The number of alkyl halides is 9. The van der Waals surface area contributed by atoms with Gasteiger partial charge in [0.05, 0.1) is 65.5 Å². The van der Waals surface area contributed by atoms with Crippen molar-refractivity contribution in [3.8, 4) is 0 Å². The largest absolute Gasteiger partial charge is 0.416 e. The SMILES string of the molecule is NCCSc1c(NC(=O)CCCCN=C(N)N)cc(C(F)(F)F)cc1NC(=O)Nc1cc(C(F)(F)F)cc(NC(=O)Nc2cc(C(F)(F)F)cc(NC(=O)CCCCN=C(N)N)c2SCCN)c1SCCN. The van der Waals surface area contributed by atoms with Gasteiger partial charge in [-0.3, -0.25) is 19.6 Å². The zero-order valence-electron chi connectivity index (χ0n) is 38.1. The van der Waals surface area contributed by atoms with Crippen molar-refractivity contribution in [1.29, 1.82) is 0 Å². The van der Waals surface area contributed by atoms with Crippen LogP contribution in [-0.4, -0.2) is 85.8 Å². The molecule has 0 heterocycles. The maximum atomic E-state index is 14.5. The fourth-order valence-electron chi connectivity index (χ4n) is 6.07. The van der Waals surface area contributed by atoms with Gasteiger partial charge in [-0.2, -0.15) is 39.5 Å². The summed E-state index contributed by atoms with van der Waals surface area (Å²) in [6.45, 7) is 0.194. The highest BCUT2D eigenvalue weighted by Crippen LogP contribution is 2.45. The van der Waals surface area contributed by atoms with E-state index in [1.54, 1.807) is 0 Å². The first-order valence-corrected chi connectivity index (χ1v) is 24.3. The lowest BCUT2D eigenvalue weighted by molar-refractivity contribution is -0.138. The molecular weight excluding hydrogens is 1030 g/mol. The smallest absolute Gasteiger partial charge is 0.370 e. The van der Waals surface area contributed by atoms with E-state index in [4.69, 9.17) is 40.1 Å². The Kier molecular flexibility index (Phi) is 23.7. The van der Waals surface area contributed by atoms with Crippen molar-refractivity contribution in [2.24, 2.45) is 50.1 Å². The minimum atomic E-state index is -5.17. The molecular formula is C41H54F9N15O4S3. The van der Waals surface area contributed by atoms with Crippen LogP contribution < -0.4 is 72.0 Å². The zero-order valence-corrected chi connectivity index (χ0v) is 40.5. The van der Waals surface area contributed by atoms with Gasteiger partial charge in [-0.05, 0) is 62.1 Å². The number of benzene rings is 3. The van der Waals surface area contributed by atoms with E-state index in [0.717, 1.165) is 35.3 Å². The van der Waals surface area contributed by atoms with Crippen LogP contribution in [0.15, 0.2) is 61.1 Å². The average molecular weight is 1090 g/mol. The molecule has 0 aliphatic heterocycles. The van der Waals surface area contributed by atoms with Gasteiger partial charge in [0.25, 0.3) is 0 Å². The lowest BCUT2D eigenvalue weighted by atomic mass is 10.1. The van der Waals surface area contributed by atoms with E-state index in [0.29, 0.717) is 49.2 Å². The molecule has 0 aromatic heterocycles. The highest BCUT2D eigenvalue weighted by Gasteiger charge is 2.36. The summed E-state index contributed by atoms with van der Waals surface area (Å²) in [5.74, 6) is -1.74. The Bertz CT molecular complexity index is 2270. The van der Waals surface area contributed by atoms with Crippen molar-refractivity contribution in [3.05, 3.63) is 53.1 Å². The van der Waals surface area contributed by atoms with Crippen LogP contribution in [0.5, 0.6) is 0 Å². The quantitative estimate of drug-likeness (QED) is 0.0134. The van der Waals surface area contributed by atoms with Crippen molar-refractivity contribution in [2.75, 3.05) is 81.9 Å². The number of carbonyl (C=O) groups is 4. The van der Waals surface area contributed by atoms with Crippen LogP contribution in [0, 0.1) is 0 Å². The zero-order chi connectivity index (χ0) is 53.8. The number of nitrogens with two attached hydrogens (primary N) is 7. The molecule has 3 aromatic carbocycles. The van der Waals surface area contributed by atoms with Crippen LogP contribution >= 0.6 is 35.3 Å². The van der Waals surface area contributed by atoms with Gasteiger partial charge in [0.1, 0.15) is 0 Å². The van der Waals surface area contributed by atoms with Gasteiger partial charge in [-0.25, -0.2) is 9.59 Å². The minimum absolute atomic E-state index is 0.0200. The van der Waals surface area contributed by atoms with Crippen LogP contribution in [0.3, 0.4) is 0 Å². The lowest BCUT2D eigenvalue weighted by Crippen LogP contribution is -2.24. The Labute approximate surface area is 419 Å². The number of hydrogen-bond acceptors (Lipinski definition) is 12. The van der Waals surface area contributed by atoms with Crippen LogP contribution in [0.1, 0.15) is 55.2 Å². The number of amides is 6. The molecule has 0 saturated heterocycles. The Morgan fingerprint density at radius 2 is 0.681 bits per heavy atom. The first-order chi connectivity index (χ1) is 33.8. The van der Waals surface area contributed by atoms with Gasteiger partial charge in [0, 0.05) is 62.8 Å². The number of rotatable bonds is 25. The maximum absolute atomic E-state index is 14.5. The molecule has 3 aromatic rings. The average Bonchev–Trinajstić information content (AvgIpc) is 3.26. The van der Waals surface area contributed by atoms with E-state index in [9.17, 15) is 58.7 Å². The second-order valence-corrected chi connectivity index (χ2v) is 18.2. The summed E-state index contributed by atoms with van der Waals surface area (Å²) in [7, 11) is 0. The third-order valence-corrected chi connectivity index (χ3v) is 12.6. The summed E-state index contributed by atoms with van der Waals surface area (Å²) in [4.78, 5) is 60.5. The van der Waals surface area contributed by atoms with Crippen molar-refractivity contribution in [3.63, 3.8) is 0 Å². The molecule has 0 fully saturated rings. The molecule has 19 nitrogen and oxygen atoms in total. The summed E-state index contributed by atoms with van der Waals surface area (Å²) in [5.41, 5.74) is 31.0. The molecule has 20 N–H and O–H groups in total. The molecule has 0 aliphatic carbocycles. The molecule has 31 heteroatoms. The number of carbonyl (C=O) groups excluding carboxylic acids is 4. The number of halogens is 9. The summed E-state index contributed by atoms with van der Waals surface area (Å²) in [5, 5.41) is 13.6. The number of unbranched alkanes of at least 4 members (excludes halogenated alkanes) is 2. The predicted octanol–water partition coefficient (Wildman–Crippen LogP) is 6.95. The van der Waals surface area contributed by atoms with Gasteiger partial charge in [-0.15, -0.1) is 35.3 Å². The van der Waals surface area contributed by atoms with Crippen LogP contribution in [0.25, 0.3) is 0 Å².